The number of nitrogens with one attached hydrogen (secondary N) is 1. The molecule has 0 bridgehead atoms. The third kappa shape index (κ3) is 2.89. The first-order valence-corrected chi connectivity index (χ1v) is 6.73. The van der Waals surface area contributed by atoms with Crippen molar-refractivity contribution in [2.75, 3.05) is 5.32 Å². The summed E-state index contributed by atoms with van der Waals surface area (Å²) in [5.74, 6) is -1.60. The Labute approximate surface area is 131 Å². The highest BCUT2D eigenvalue weighted by Crippen LogP contribution is 2.27. The average molecular weight is 327 g/mol. The predicted molar refractivity (Wildman–Crippen MR) is 81.5 cm³/mol. The minimum absolute atomic E-state index is 0.0229. The van der Waals surface area contributed by atoms with E-state index in [0.29, 0.717) is 5.56 Å². The molecule has 0 unspecified atom stereocenters. The molecule has 1 heterocycles. The highest BCUT2D eigenvalue weighted by atomic mass is 35.5. The Morgan fingerprint density at radius 2 is 1.95 bits per heavy atom. The number of aryl methyl sites for hydroxylation is 1. The van der Waals surface area contributed by atoms with Crippen molar-refractivity contribution in [3.63, 3.8) is 0 Å². The largest absolute Gasteiger partial charge is 0.478 e. The zero-order valence-electron chi connectivity index (χ0n) is 11.3. The van der Waals surface area contributed by atoms with E-state index < -0.39 is 11.9 Å². The Kier molecular flexibility index (Phi) is 4.25. The Morgan fingerprint density at radius 1 is 1.29 bits per heavy atom. The average Bonchev–Trinajstić information content (AvgIpc) is 2.68. The molecule has 110 valence electrons. The van der Waals surface area contributed by atoms with Crippen LogP contribution in [0.15, 0.2) is 24.3 Å². The molecule has 1 aromatic carbocycles. The van der Waals surface area contributed by atoms with Crippen molar-refractivity contribution in [3.05, 3.63) is 51.3 Å². The molecule has 2 aromatic rings. The number of carboxylic acids is 1. The Balaban J connectivity index is 2.40. The number of hydrogen-bond acceptors (Lipinski definition) is 2. The third-order valence-corrected chi connectivity index (χ3v) is 3.93. The molecule has 0 aliphatic carbocycles. The molecule has 1 aromatic heterocycles. The molecule has 0 saturated heterocycles. The van der Waals surface area contributed by atoms with Crippen LogP contribution in [0.3, 0.4) is 0 Å². The molecule has 0 atom stereocenters. The number of carbonyl (C=O) groups is 2. The fourth-order valence-electron chi connectivity index (χ4n) is 1.95. The Hall–Kier alpha value is -1.98. The molecule has 0 aliphatic rings. The zero-order chi connectivity index (χ0) is 15.7. The van der Waals surface area contributed by atoms with Gasteiger partial charge in [-0.25, -0.2) is 4.79 Å². The second-order valence-corrected chi connectivity index (χ2v) is 5.25. The fraction of sp³-hybridized carbons (Fsp3) is 0.143. The molecule has 0 fully saturated rings. The predicted octanol–water partition coefficient (Wildman–Crippen LogP) is 3.59. The number of hydrogen-bond donors (Lipinski definition) is 2. The fourth-order valence-corrected chi connectivity index (χ4v) is 2.33. The van der Waals surface area contributed by atoms with Crippen LogP contribution in [0.5, 0.6) is 0 Å². The molecule has 2 N–H and O–H groups in total. The second kappa shape index (κ2) is 5.79. The number of halogens is 2. The molecule has 5 nitrogen and oxygen atoms in total. The molecule has 7 heteroatoms. The number of para-hydroxylation sites is 1. The summed E-state index contributed by atoms with van der Waals surface area (Å²) in [7, 11) is 1.60. The van der Waals surface area contributed by atoms with Gasteiger partial charge < -0.3 is 15.0 Å². The van der Waals surface area contributed by atoms with E-state index in [2.05, 4.69) is 5.32 Å². The molecule has 0 aliphatic heterocycles. The number of rotatable bonds is 3. The normalized spacial score (nSPS) is 10.5. The number of amides is 1. The van der Waals surface area contributed by atoms with E-state index in [0.717, 1.165) is 0 Å². The van der Waals surface area contributed by atoms with Crippen LogP contribution >= 0.6 is 23.2 Å². The van der Waals surface area contributed by atoms with Gasteiger partial charge in [-0.1, -0.05) is 35.3 Å². The van der Waals surface area contributed by atoms with Crippen molar-refractivity contribution in [2.45, 2.75) is 6.92 Å². The maximum atomic E-state index is 12.3. The van der Waals surface area contributed by atoms with Crippen LogP contribution in [0.4, 0.5) is 5.69 Å². The smallest absolute Gasteiger partial charge is 0.337 e. The zero-order valence-corrected chi connectivity index (χ0v) is 12.8. The number of aromatic nitrogens is 1. The molecular formula is C14H12Cl2N2O3. The van der Waals surface area contributed by atoms with E-state index in [-0.39, 0.29) is 27.1 Å². The topological polar surface area (TPSA) is 71.3 Å². The summed E-state index contributed by atoms with van der Waals surface area (Å²) in [4.78, 5) is 23.5. The van der Waals surface area contributed by atoms with E-state index >= 15 is 0 Å². The number of anilines is 1. The molecule has 0 saturated carbocycles. The number of aromatic carboxylic acids is 1. The van der Waals surface area contributed by atoms with Gasteiger partial charge in [0.1, 0.15) is 10.8 Å². The van der Waals surface area contributed by atoms with Crippen molar-refractivity contribution in [1.29, 1.82) is 0 Å². The van der Waals surface area contributed by atoms with E-state index in [4.69, 9.17) is 23.2 Å². The SMILES string of the molecule is Cc1cccc(C(=O)O)c1NC(=O)c1cc(Cl)c(Cl)n1C. The molecule has 2 rings (SSSR count). The van der Waals surface area contributed by atoms with Gasteiger partial charge in [0.15, 0.2) is 0 Å². The second-order valence-electron chi connectivity index (χ2n) is 4.48. The highest BCUT2D eigenvalue weighted by molar-refractivity contribution is 6.42. The lowest BCUT2D eigenvalue weighted by molar-refractivity contribution is 0.0698. The van der Waals surface area contributed by atoms with Gasteiger partial charge in [0.05, 0.1) is 16.3 Å². The summed E-state index contributed by atoms with van der Waals surface area (Å²) in [5.41, 5.74) is 1.16. The molecular weight excluding hydrogens is 315 g/mol. The first-order chi connectivity index (χ1) is 9.82. The summed E-state index contributed by atoms with van der Waals surface area (Å²) in [6.45, 7) is 1.72. The van der Waals surface area contributed by atoms with E-state index in [1.165, 1.54) is 16.7 Å². The van der Waals surface area contributed by atoms with Gasteiger partial charge in [0, 0.05) is 7.05 Å². The van der Waals surface area contributed by atoms with Gasteiger partial charge in [-0.05, 0) is 24.6 Å². The molecule has 1 amide bonds. The van der Waals surface area contributed by atoms with E-state index in [1.807, 2.05) is 0 Å². The van der Waals surface area contributed by atoms with Crippen LogP contribution in [-0.4, -0.2) is 21.6 Å². The van der Waals surface area contributed by atoms with Gasteiger partial charge in [0.25, 0.3) is 5.91 Å². The Bertz CT molecular complexity index is 738. The minimum Gasteiger partial charge on any atom is -0.478 e. The van der Waals surface area contributed by atoms with Crippen molar-refractivity contribution >= 4 is 40.8 Å². The standard InChI is InChI=1S/C14H12Cl2N2O3/c1-7-4-3-5-8(14(20)21)11(7)17-13(19)10-6-9(15)12(16)18(10)2/h3-6H,1-2H3,(H,17,19)(H,20,21). The van der Waals surface area contributed by atoms with Crippen LogP contribution in [0.25, 0.3) is 0 Å². The van der Waals surface area contributed by atoms with Crippen molar-refractivity contribution in [3.8, 4) is 0 Å². The summed E-state index contributed by atoms with van der Waals surface area (Å²) in [6, 6.07) is 6.19. The van der Waals surface area contributed by atoms with Crippen LogP contribution in [0.2, 0.25) is 10.2 Å². The van der Waals surface area contributed by atoms with E-state index in [1.54, 1.807) is 26.1 Å². The van der Waals surface area contributed by atoms with Crippen LogP contribution in [0.1, 0.15) is 26.4 Å². The number of carbonyl (C=O) groups excluding carboxylic acids is 1. The molecule has 0 spiro atoms. The van der Waals surface area contributed by atoms with Crippen molar-refractivity contribution < 1.29 is 14.7 Å². The van der Waals surface area contributed by atoms with E-state index in [9.17, 15) is 14.7 Å². The van der Waals surface area contributed by atoms with Crippen molar-refractivity contribution in [2.24, 2.45) is 7.05 Å². The summed E-state index contributed by atoms with van der Waals surface area (Å²) in [5, 5.41) is 12.3. The minimum atomic E-state index is -1.11. The van der Waals surface area contributed by atoms with Gasteiger partial charge >= 0.3 is 5.97 Å². The van der Waals surface area contributed by atoms with Crippen LogP contribution in [0, 0.1) is 6.92 Å². The van der Waals surface area contributed by atoms with Crippen molar-refractivity contribution in [1.82, 2.24) is 4.57 Å². The lowest BCUT2D eigenvalue weighted by Gasteiger charge is -2.12. The van der Waals surface area contributed by atoms with Gasteiger partial charge in [0.2, 0.25) is 0 Å². The quantitative estimate of drug-likeness (QED) is 0.905. The number of carboxylic acid groups (broad SMARTS) is 1. The van der Waals surface area contributed by atoms with Gasteiger partial charge in [-0.3, -0.25) is 4.79 Å². The summed E-state index contributed by atoms with van der Waals surface area (Å²) < 4.78 is 1.43. The lowest BCUT2D eigenvalue weighted by Crippen LogP contribution is -2.18. The first kappa shape index (κ1) is 15.4. The Morgan fingerprint density at radius 3 is 2.48 bits per heavy atom. The highest BCUT2D eigenvalue weighted by Gasteiger charge is 2.19. The molecule has 21 heavy (non-hydrogen) atoms. The first-order valence-electron chi connectivity index (χ1n) is 5.98. The van der Waals surface area contributed by atoms with Crippen LogP contribution in [-0.2, 0) is 7.05 Å². The summed E-state index contributed by atoms with van der Waals surface area (Å²) in [6.07, 6.45) is 0. The third-order valence-electron chi connectivity index (χ3n) is 3.09. The lowest BCUT2D eigenvalue weighted by atomic mass is 10.1. The number of nitrogens with zero attached hydrogens (tertiary/aromatic N) is 1. The van der Waals surface area contributed by atoms with Gasteiger partial charge in [-0.2, -0.15) is 0 Å². The maximum absolute atomic E-state index is 12.3. The number of benzene rings is 1. The molecule has 0 radical (unpaired) electrons. The maximum Gasteiger partial charge on any atom is 0.337 e. The summed E-state index contributed by atoms with van der Waals surface area (Å²) >= 11 is 11.8. The van der Waals surface area contributed by atoms with Gasteiger partial charge in [-0.15, -0.1) is 0 Å². The monoisotopic (exact) mass is 326 g/mol. The van der Waals surface area contributed by atoms with Crippen LogP contribution < -0.4 is 5.32 Å².